The Morgan fingerprint density at radius 1 is 1.15 bits per heavy atom. The van der Waals surface area contributed by atoms with Gasteiger partial charge in [0.2, 0.25) is 0 Å². The van der Waals surface area contributed by atoms with E-state index in [1.807, 2.05) is 65.9 Å². The number of nitrogens with zero attached hydrogens (tertiary/aromatic N) is 2. The van der Waals surface area contributed by atoms with Crippen LogP contribution >= 0.6 is 22.7 Å². The number of hydrogen-bond donors (Lipinski definition) is 0. The molecule has 5 nitrogen and oxygen atoms in total. The molecule has 27 heavy (non-hydrogen) atoms. The molecule has 0 radical (unpaired) electrons. The van der Waals surface area contributed by atoms with Crippen LogP contribution in [0.2, 0.25) is 0 Å². The summed E-state index contributed by atoms with van der Waals surface area (Å²) in [6, 6.07) is 11.4. The van der Waals surface area contributed by atoms with E-state index < -0.39 is 0 Å². The molecule has 2 heterocycles. The Labute approximate surface area is 167 Å². The molecule has 0 atom stereocenters. The SMILES string of the molecule is COc1ccccc1OCc1nc(CN(C(=O)c2cccs2)C(C)C)cs1. The standard InChI is InChI=1S/C20H22N2O3S2/c1-14(2)22(20(23)18-9-6-10-26-18)11-15-13-27-19(21-15)12-25-17-8-5-4-7-16(17)24-3/h4-10,13-14H,11-12H2,1-3H3. The number of hydrogen-bond acceptors (Lipinski definition) is 6. The van der Waals surface area contributed by atoms with Gasteiger partial charge >= 0.3 is 0 Å². The molecule has 0 saturated carbocycles. The number of thiophene rings is 1. The second-order valence-electron chi connectivity index (χ2n) is 6.18. The second-order valence-corrected chi connectivity index (χ2v) is 8.07. The van der Waals surface area contributed by atoms with E-state index in [9.17, 15) is 4.79 Å². The third-order valence-corrected chi connectivity index (χ3v) is 5.70. The summed E-state index contributed by atoms with van der Waals surface area (Å²) < 4.78 is 11.1. The first kappa shape index (κ1) is 19.4. The van der Waals surface area contributed by atoms with Gasteiger partial charge in [-0.05, 0) is 37.4 Å². The van der Waals surface area contributed by atoms with Crippen molar-refractivity contribution in [1.82, 2.24) is 9.88 Å². The van der Waals surface area contributed by atoms with Gasteiger partial charge in [0.25, 0.3) is 5.91 Å². The molecule has 0 spiro atoms. The molecule has 3 aromatic rings. The average molecular weight is 403 g/mol. The Morgan fingerprint density at radius 3 is 2.59 bits per heavy atom. The van der Waals surface area contributed by atoms with E-state index in [0.29, 0.717) is 24.7 Å². The molecule has 0 aliphatic heterocycles. The quantitative estimate of drug-likeness (QED) is 0.541. The highest BCUT2D eigenvalue weighted by molar-refractivity contribution is 7.12. The van der Waals surface area contributed by atoms with E-state index in [1.165, 1.54) is 22.7 Å². The van der Waals surface area contributed by atoms with Crippen LogP contribution in [-0.4, -0.2) is 28.9 Å². The van der Waals surface area contributed by atoms with E-state index in [2.05, 4.69) is 4.98 Å². The molecule has 0 fully saturated rings. The van der Waals surface area contributed by atoms with Gasteiger partial charge in [0, 0.05) is 11.4 Å². The molecule has 0 saturated heterocycles. The molecule has 0 aliphatic carbocycles. The Kier molecular flexibility index (Phi) is 6.47. The maximum absolute atomic E-state index is 12.7. The normalized spacial score (nSPS) is 10.8. The Hall–Kier alpha value is -2.38. The monoisotopic (exact) mass is 402 g/mol. The van der Waals surface area contributed by atoms with E-state index in [0.717, 1.165) is 15.6 Å². The lowest BCUT2D eigenvalue weighted by Gasteiger charge is -2.25. The minimum absolute atomic E-state index is 0.0415. The summed E-state index contributed by atoms with van der Waals surface area (Å²) in [5.74, 6) is 1.43. The van der Waals surface area contributed by atoms with Crippen LogP contribution in [0.4, 0.5) is 0 Å². The number of amides is 1. The summed E-state index contributed by atoms with van der Waals surface area (Å²) in [4.78, 5) is 19.9. The van der Waals surface area contributed by atoms with Gasteiger partial charge in [-0.15, -0.1) is 22.7 Å². The number of para-hydroxylation sites is 2. The molecule has 1 aromatic carbocycles. The number of aromatic nitrogens is 1. The predicted octanol–water partition coefficient (Wildman–Crippen LogP) is 4.84. The van der Waals surface area contributed by atoms with E-state index in [4.69, 9.17) is 9.47 Å². The first-order chi connectivity index (χ1) is 13.1. The number of ether oxygens (including phenoxy) is 2. The van der Waals surface area contributed by atoms with Gasteiger partial charge in [-0.3, -0.25) is 4.79 Å². The molecule has 0 bridgehead atoms. The first-order valence-corrected chi connectivity index (χ1v) is 10.4. The molecule has 0 aliphatic rings. The summed E-state index contributed by atoms with van der Waals surface area (Å²) in [6.45, 7) is 4.89. The van der Waals surface area contributed by atoms with Gasteiger partial charge in [-0.1, -0.05) is 18.2 Å². The number of thiazole rings is 1. The van der Waals surface area contributed by atoms with Crippen LogP contribution in [0, 0.1) is 0 Å². The highest BCUT2D eigenvalue weighted by atomic mass is 32.1. The van der Waals surface area contributed by atoms with Crippen molar-refractivity contribution in [3.63, 3.8) is 0 Å². The van der Waals surface area contributed by atoms with E-state index >= 15 is 0 Å². The topological polar surface area (TPSA) is 51.7 Å². The van der Waals surface area contributed by atoms with Gasteiger partial charge < -0.3 is 14.4 Å². The van der Waals surface area contributed by atoms with Crippen molar-refractivity contribution in [2.75, 3.05) is 7.11 Å². The fraction of sp³-hybridized carbons (Fsp3) is 0.300. The Morgan fingerprint density at radius 2 is 1.93 bits per heavy atom. The summed E-state index contributed by atoms with van der Waals surface area (Å²) in [5.41, 5.74) is 0.872. The van der Waals surface area contributed by atoms with Crippen molar-refractivity contribution in [1.29, 1.82) is 0 Å². The van der Waals surface area contributed by atoms with Crippen molar-refractivity contribution < 1.29 is 14.3 Å². The summed E-state index contributed by atoms with van der Waals surface area (Å²) in [5, 5.41) is 4.77. The zero-order chi connectivity index (χ0) is 19.2. The van der Waals surface area contributed by atoms with Crippen molar-refractivity contribution in [2.24, 2.45) is 0 Å². The van der Waals surface area contributed by atoms with Crippen LogP contribution in [-0.2, 0) is 13.2 Å². The lowest BCUT2D eigenvalue weighted by atomic mass is 10.2. The van der Waals surface area contributed by atoms with E-state index in [1.54, 1.807) is 7.11 Å². The van der Waals surface area contributed by atoms with Crippen molar-refractivity contribution >= 4 is 28.6 Å². The molecule has 0 unspecified atom stereocenters. The van der Waals surface area contributed by atoms with Gasteiger partial charge in [0.15, 0.2) is 11.5 Å². The summed E-state index contributed by atoms with van der Waals surface area (Å²) >= 11 is 2.99. The number of methoxy groups -OCH3 is 1. The maximum atomic E-state index is 12.7. The van der Waals surface area contributed by atoms with Crippen LogP contribution in [0.15, 0.2) is 47.2 Å². The minimum atomic E-state index is 0.0415. The molecular weight excluding hydrogens is 380 g/mol. The van der Waals surface area contributed by atoms with Crippen LogP contribution < -0.4 is 9.47 Å². The summed E-state index contributed by atoms with van der Waals surface area (Å²) in [7, 11) is 1.62. The van der Waals surface area contributed by atoms with Gasteiger partial charge in [-0.25, -0.2) is 4.98 Å². The summed E-state index contributed by atoms with van der Waals surface area (Å²) in [6.07, 6.45) is 0. The maximum Gasteiger partial charge on any atom is 0.264 e. The Bertz CT molecular complexity index is 875. The fourth-order valence-electron chi connectivity index (χ4n) is 2.57. The van der Waals surface area contributed by atoms with Crippen molar-refractivity contribution in [3.8, 4) is 11.5 Å². The second kappa shape index (κ2) is 9.01. The third kappa shape index (κ3) is 4.87. The van der Waals surface area contributed by atoms with Crippen LogP contribution in [0.3, 0.4) is 0 Å². The number of carbonyl (C=O) groups excluding carboxylic acids is 1. The number of carbonyl (C=O) groups is 1. The minimum Gasteiger partial charge on any atom is -0.493 e. The van der Waals surface area contributed by atoms with Gasteiger partial charge in [-0.2, -0.15) is 0 Å². The molecule has 0 N–H and O–H groups in total. The average Bonchev–Trinajstić information content (AvgIpc) is 3.36. The Balaban J connectivity index is 1.65. The van der Waals surface area contributed by atoms with Crippen molar-refractivity contribution in [2.45, 2.75) is 33.0 Å². The van der Waals surface area contributed by atoms with Crippen molar-refractivity contribution in [3.05, 3.63) is 62.7 Å². The van der Waals surface area contributed by atoms with Crippen LogP contribution in [0.1, 0.15) is 34.2 Å². The number of benzene rings is 1. The lowest BCUT2D eigenvalue weighted by molar-refractivity contribution is 0.0693. The first-order valence-electron chi connectivity index (χ1n) is 8.62. The highest BCUT2D eigenvalue weighted by Gasteiger charge is 2.21. The lowest BCUT2D eigenvalue weighted by Crippen LogP contribution is -2.36. The molecule has 1 amide bonds. The zero-order valence-electron chi connectivity index (χ0n) is 15.5. The molecule has 2 aromatic heterocycles. The zero-order valence-corrected chi connectivity index (χ0v) is 17.2. The van der Waals surface area contributed by atoms with Crippen LogP contribution in [0.25, 0.3) is 0 Å². The molecule has 3 rings (SSSR count). The highest BCUT2D eigenvalue weighted by Crippen LogP contribution is 2.27. The van der Waals surface area contributed by atoms with Gasteiger partial charge in [0.1, 0.15) is 11.6 Å². The van der Waals surface area contributed by atoms with Crippen LogP contribution in [0.5, 0.6) is 11.5 Å². The van der Waals surface area contributed by atoms with Gasteiger partial charge in [0.05, 0.1) is 24.2 Å². The van der Waals surface area contributed by atoms with E-state index in [-0.39, 0.29) is 11.9 Å². The third-order valence-electron chi connectivity index (χ3n) is 3.97. The predicted molar refractivity (Wildman–Crippen MR) is 109 cm³/mol. The molecule has 142 valence electrons. The largest absolute Gasteiger partial charge is 0.493 e. The number of rotatable bonds is 8. The molecular formula is C20H22N2O3S2. The molecule has 7 heteroatoms. The smallest absolute Gasteiger partial charge is 0.264 e. The fourth-order valence-corrected chi connectivity index (χ4v) is 3.95.